The number of hydrogen-bond donors (Lipinski definition) is 3. The largest absolute Gasteiger partial charge is 0.331 e. The van der Waals surface area contributed by atoms with Gasteiger partial charge in [0, 0.05) is 24.3 Å². The van der Waals surface area contributed by atoms with Crippen molar-refractivity contribution in [3.05, 3.63) is 94.8 Å². The van der Waals surface area contributed by atoms with Crippen molar-refractivity contribution >= 4 is 21.6 Å². The number of anilines is 1. The van der Waals surface area contributed by atoms with E-state index < -0.39 is 9.84 Å². The molecular formula is C24H24FN3O3S. The van der Waals surface area contributed by atoms with Crippen LogP contribution in [0.2, 0.25) is 0 Å². The van der Waals surface area contributed by atoms with Gasteiger partial charge >= 0.3 is 6.03 Å². The molecule has 0 radical (unpaired) electrons. The monoisotopic (exact) mass is 453 g/mol. The molecule has 32 heavy (non-hydrogen) atoms. The molecular weight excluding hydrogens is 429 g/mol. The minimum Gasteiger partial charge on any atom is -0.331 e. The van der Waals surface area contributed by atoms with Gasteiger partial charge in [-0.25, -0.2) is 17.6 Å². The number of rotatable bonds is 6. The van der Waals surface area contributed by atoms with Crippen molar-refractivity contribution in [3.63, 3.8) is 0 Å². The van der Waals surface area contributed by atoms with Crippen molar-refractivity contribution in [1.29, 1.82) is 0 Å². The summed E-state index contributed by atoms with van der Waals surface area (Å²) in [5, 5.41) is 8.61. The molecule has 0 spiro atoms. The van der Waals surface area contributed by atoms with Gasteiger partial charge in [0.25, 0.3) is 0 Å². The van der Waals surface area contributed by atoms with Gasteiger partial charge in [-0.3, -0.25) is 0 Å². The van der Waals surface area contributed by atoms with Crippen LogP contribution < -0.4 is 16.0 Å². The maximum absolute atomic E-state index is 14.2. The Balaban J connectivity index is 1.40. The van der Waals surface area contributed by atoms with Gasteiger partial charge in [-0.1, -0.05) is 36.4 Å². The van der Waals surface area contributed by atoms with E-state index >= 15 is 0 Å². The van der Waals surface area contributed by atoms with Gasteiger partial charge in [-0.15, -0.1) is 0 Å². The molecule has 0 bridgehead atoms. The molecule has 0 aromatic heterocycles. The number of nitrogens with one attached hydrogen (secondary N) is 3. The third kappa shape index (κ3) is 4.98. The van der Waals surface area contributed by atoms with E-state index in [4.69, 9.17) is 0 Å². The lowest BCUT2D eigenvalue weighted by molar-refractivity contribution is 0.249. The predicted octanol–water partition coefficient (Wildman–Crippen LogP) is 4.29. The van der Waals surface area contributed by atoms with Crippen molar-refractivity contribution in [3.8, 4) is 0 Å². The highest BCUT2D eigenvalue weighted by Gasteiger charge is 2.20. The lowest BCUT2D eigenvalue weighted by Crippen LogP contribution is -2.31. The van der Waals surface area contributed by atoms with E-state index in [1.165, 1.54) is 30.3 Å². The van der Waals surface area contributed by atoms with Crippen LogP contribution in [0.15, 0.2) is 71.6 Å². The van der Waals surface area contributed by atoms with E-state index in [1.807, 2.05) is 37.3 Å². The Morgan fingerprint density at radius 2 is 1.78 bits per heavy atom. The lowest BCUT2D eigenvalue weighted by atomic mass is 10.1. The second-order valence-corrected chi connectivity index (χ2v) is 9.82. The number of hydrogen-bond acceptors (Lipinski definition) is 4. The fourth-order valence-electron chi connectivity index (χ4n) is 3.75. The number of sulfone groups is 1. The van der Waals surface area contributed by atoms with Crippen molar-refractivity contribution in [2.24, 2.45) is 0 Å². The van der Waals surface area contributed by atoms with Crippen molar-refractivity contribution in [2.45, 2.75) is 36.7 Å². The van der Waals surface area contributed by atoms with Crippen LogP contribution in [0.25, 0.3) is 0 Å². The standard InChI is InChI=1S/C24H24FN3O3S/c1-16(18-5-3-2-4-6-18)27-24(29)28-20-7-9-21(10-8-20)32(30,31)15-17-11-19-13-26-14-22(19)23(25)12-17/h2-12,16,26H,13-15H2,1H3,(H2,27,28,29). The first kappa shape index (κ1) is 22.0. The van der Waals surface area contributed by atoms with Gasteiger partial charge < -0.3 is 16.0 Å². The Hall–Kier alpha value is -3.23. The number of halogens is 1. The number of urea groups is 1. The maximum atomic E-state index is 14.2. The van der Waals surface area contributed by atoms with Crippen LogP contribution in [0, 0.1) is 5.82 Å². The summed E-state index contributed by atoms with van der Waals surface area (Å²) < 4.78 is 39.8. The topological polar surface area (TPSA) is 87.3 Å². The fraction of sp³-hybridized carbons (Fsp3) is 0.208. The smallest absolute Gasteiger partial charge is 0.319 e. The molecule has 166 valence electrons. The normalized spacial score (nSPS) is 13.9. The van der Waals surface area contributed by atoms with Gasteiger partial charge in [0.05, 0.1) is 16.7 Å². The predicted molar refractivity (Wildman–Crippen MR) is 121 cm³/mol. The summed E-state index contributed by atoms with van der Waals surface area (Å²) in [6, 6.07) is 18.0. The molecule has 1 heterocycles. The van der Waals surface area contributed by atoms with Gasteiger partial charge in [0.2, 0.25) is 0 Å². The molecule has 0 aliphatic carbocycles. The molecule has 8 heteroatoms. The van der Waals surface area contributed by atoms with E-state index in [2.05, 4.69) is 16.0 Å². The summed E-state index contributed by atoms with van der Waals surface area (Å²) >= 11 is 0. The molecule has 0 fully saturated rings. The zero-order valence-corrected chi connectivity index (χ0v) is 18.4. The van der Waals surface area contributed by atoms with E-state index in [1.54, 1.807) is 6.07 Å². The Labute approximate surface area is 186 Å². The summed E-state index contributed by atoms with van der Waals surface area (Å²) in [7, 11) is -3.66. The molecule has 1 unspecified atom stereocenters. The summed E-state index contributed by atoms with van der Waals surface area (Å²) in [4.78, 5) is 12.4. The van der Waals surface area contributed by atoms with Gasteiger partial charge in [-0.2, -0.15) is 0 Å². The van der Waals surface area contributed by atoms with E-state index in [-0.39, 0.29) is 28.5 Å². The first-order valence-electron chi connectivity index (χ1n) is 10.3. The Bertz CT molecular complexity index is 1230. The van der Waals surface area contributed by atoms with Crippen LogP contribution in [0.1, 0.15) is 35.2 Å². The van der Waals surface area contributed by atoms with Crippen LogP contribution in [0.4, 0.5) is 14.9 Å². The fourth-order valence-corrected chi connectivity index (χ4v) is 5.08. The summed E-state index contributed by atoms with van der Waals surface area (Å²) in [6.45, 7) is 2.87. The molecule has 3 aromatic rings. The highest BCUT2D eigenvalue weighted by Crippen LogP contribution is 2.25. The van der Waals surface area contributed by atoms with Crippen LogP contribution in [-0.2, 0) is 28.7 Å². The molecule has 1 aliphatic heterocycles. The second-order valence-electron chi connectivity index (χ2n) is 7.83. The lowest BCUT2D eigenvalue weighted by Gasteiger charge is -2.15. The van der Waals surface area contributed by atoms with Gasteiger partial charge in [0.15, 0.2) is 9.84 Å². The SMILES string of the molecule is CC(NC(=O)Nc1ccc(S(=O)(=O)Cc2cc(F)c3c(c2)CNC3)cc1)c1ccccc1. The molecule has 0 saturated heterocycles. The average Bonchev–Trinajstić information content (AvgIpc) is 3.23. The highest BCUT2D eigenvalue weighted by molar-refractivity contribution is 7.90. The van der Waals surface area contributed by atoms with Crippen LogP contribution in [-0.4, -0.2) is 14.4 Å². The number of carbonyl (C=O) groups excluding carboxylic acids is 1. The number of amides is 2. The van der Waals surface area contributed by atoms with Crippen LogP contribution >= 0.6 is 0 Å². The molecule has 6 nitrogen and oxygen atoms in total. The highest BCUT2D eigenvalue weighted by atomic mass is 32.2. The second kappa shape index (κ2) is 9.10. The van der Waals surface area contributed by atoms with E-state index in [0.29, 0.717) is 29.9 Å². The zero-order valence-electron chi connectivity index (χ0n) is 17.6. The van der Waals surface area contributed by atoms with Crippen LogP contribution in [0.3, 0.4) is 0 Å². The van der Waals surface area contributed by atoms with E-state index in [0.717, 1.165) is 11.1 Å². The third-order valence-electron chi connectivity index (χ3n) is 5.44. The van der Waals surface area contributed by atoms with E-state index in [9.17, 15) is 17.6 Å². The molecule has 1 atom stereocenters. The average molecular weight is 454 g/mol. The summed E-state index contributed by atoms with van der Waals surface area (Å²) in [5.41, 5.74) is 3.26. The van der Waals surface area contributed by atoms with Crippen molar-refractivity contribution in [2.75, 3.05) is 5.32 Å². The molecule has 0 saturated carbocycles. The summed E-state index contributed by atoms with van der Waals surface area (Å²) in [5.74, 6) is -0.674. The minimum absolute atomic E-state index is 0.111. The Morgan fingerprint density at radius 3 is 2.50 bits per heavy atom. The molecule has 2 amide bonds. The summed E-state index contributed by atoms with van der Waals surface area (Å²) in [6.07, 6.45) is 0. The first-order valence-corrected chi connectivity index (χ1v) is 11.9. The quantitative estimate of drug-likeness (QED) is 0.520. The van der Waals surface area contributed by atoms with Crippen molar-refractivity contribution < 1.29 is 17.6 Å². The third-order valence-corrected chi connectivity index (χ3v) is 7.14. The first-order chi connectivity index (χ1) is 15.3. The maximum Gasteiger partial charge on any atom is 0.319 e. The molecule has 3 N–H and O–H groups in total. The van der Waals surface area contributed by atoms with Gasteiger partial charge in [-0.05, 0) is 53.9 Å². The molecule has 1 aliphatic rings. The Morgan fingerprint density at radius 1 is 1.06 bits per heavy atom. The number of carbonyl (C=O) groups is 1. The molecule has 4 rings (SSSR count). The number of fused-ring (bicyclic) bond motifs is 1. The van der Waals surface area contributed by atoms with Crippen LogP contribution in [0.5, 0.6) is 0 Å². The molecule has 3 aromatic carbocycles. The van der Waals surface area contributed by atoms with Gasteiger partial charge in [0.1, 0.15) is 5.82 Å². The minimum atomic E-state index is -3.66. The number of benzene rings is 3. The Kier molecular flexibility index (Phi) is 6.25. The van der Waals surface area contributed by atoms with Crippen molar-refractivity contribution in [1.82, 2.24) is 10.6 Å². The zero-order chi connectivity index (χ0) is 22.7.